The minimum absolute atomic E-state index is 0.223. The van der Waals surface area contributed by atoms with Gasteiger partial charge in [0.25, 0.3) is 0 Å². The van der Waals surface area contributed by atoms with Crippen LogP contribution >= 0.6 is 0 Å². The van der Waals surface area contributed by atoms with Crippen LogP contribution in [-0.2, 0) is 24.4 Å². The zero-order valence-electron chi connectivity index (χ0n) is 15.2. The van der Waals surface area contributed by atoms with Gasteiger partial charge in [0.15, 0.2) is 0 Å². The molecule has 0 aliphatic rings. The fourth-order valence-corrected chi connectivity index (χ4v) is 2.53. The van der Waals surface area contributed by atoms with Gasteiger partial charge in [-0.05, 0) is 30.8 Å². The second kappa shape index (κ2) is 9.81. The Morgan fingerprint density at radius 3 is 2.64 bits per heavy atom. The molecule has 0 radical (unpaired) electrons. The minimum Gasteiger partial charge on any atom is -0.380 e. The Morgan fingerprint density at radius 2 is 1.88 bits per heavy atom. The summed E-state index contributed by atoms with van der Waals surface area (Å²) >= 11 is 0. The number of nitrogens with zero attached hydrogens (tertiary/aromatic N) is 1. The lowest BCUT2D eigenvalue weighted by molar-refractivity contribution is 0.185. The number of urea groups is 1. The molecule has 5 nitrogen and oxygen atoms in total. The number of carbonyl (C=O) groups excluding carboxylic acids is 1. The summed E-state index contributed by atoms with van der Waals surface area (Å²) in [5, 5.41) is 5.79. The SMILES string of the molecule is CCN(C)Cc1cccc(CNC(=O)Nc2ccccc2COC)c1. The van der Waals surface area contributed by atoms with Gasteiger partial charge in [-0.2, -0.15) is 0 Å². The Morgan fingerprint density at radius 1 is 1.12 bits per heavy atom. The molecule has 0 unspecified atom stereocenters. The van der Waals surface area contributed by atoms with E-state index in [9.17, 15) is 4.79 Å². The molecular formula is C20H27N3O2. The number of ether oxygens (including phenoxy) is 1. The molecule has 5 heteroatoms. The van der Waals surface area contributed by atoms with Crippen LogP contribution in [0.5, 0.6) is 0 Å². The summed E-state index contributed by atoms with van der Waals surface area (Å²) in [5.74, 6) is 0. The van der Waals surface area contributed by atoms with Crippen LogP contribution in [-0.4, -0.2) is 31.6 Å². The average molecular weight is 341 g/mol. The molecular weight excluding hydrogens is 314 g/mol. The third-order valence-corrected chi connectivity index (χ3v) is 4.00. The van der Waals surface area contributed by atoms with Gasteiger partial charge in [-0.1, -0.05) is 49.4 Å². The van der Waals surface area contributed by atoms with E-state index in [0.717, 1.165) is 29.9 Å². The molecule has 2 amide bonds. The maximum absolute atomic E-state index is 12.2. The van der Waals surface area contributed by atoms with Crippen LogP contribution in [0.25, 0.3) is 0 Å². The van der Waals surface area contributed by atoms with E-state index in [1.807, 2.05) is 36.4 Å². The van der Waals surface area contributed by atoms with Crippen molar-refractivity contribution in [3.8, 4) is 0 Å². The van der Waals surface area contributed by atoms with Gasteiger partial charge in [0.2, 0.25) is 0 Å². The van der Waals surface area contributed by atoms with Crippen LogP contribution in [0.1, 0.15) is 23.6 Å². The number of carbonyl (C=O) groups is 1. The van der Waals surface area contributed by atoms with Crippen LogP contribution in [0.4, 0.5) is 10.5 Å². The highest BCUT2D eigenvalue weighted by Gasteiger charge is 2.06. The first-order valence-electron chi connectivity index (χ1n) is 8.50. The summed E-state index contributed by atoms with van der Waals surface area (Å²) in [6, 6.07) is 15.7. The Hall–Kier alpha value is -2.37. The van der Waals surface area contributed by atoms with E-state index in [1.54, 1.807) is 7.11 Å². The van der Waals surface area contributed by atoms with Crippen LogP contribution in [0.3, 0.4) is 0 Å². The third-order valence-electron chi connectivity index (χ3n) is 4.00. The molecule has 0 spiro atoms. The highest BCUT2D eigenvalue weighted by Crippen LogP contribution is 2.15. The fraction of sp³-hybridized carbons (Fsp3) is 0.350. The molecule has 2 aromatic carbocycles. The summed E-state index contributed by atoms with van der Waals surface area (Å²) in [4.78, 5) is 14.4. The zero-order chi connectivity index (χ0) is 18.1. The van der Waals surface area contributed by atoms with Crippen molar-refractivity contribution in [3.63, 3.8) is 0 Å². The van der Waals surface area contributed by atoms with Crippen molar-refractivity contribution in [3.05, 3.63) is 65.2 Å². The first-order valence-corrected chi connectivity index (χ1v) is 8.50. The smallest absolute Gasteiger partial charge is 0.319 e. The normalized spacial score (nSPS) is 10.7. The number of anilines is 1. The van der Waals surface area contributed by atoms with Gasteiger partial charge in [-0.3, -0.25) is 0 Å². The van der Waals surface area contributed by atoms with Crippen molar-refractivity contribution < 1.29 is 9.53 Å². The molecule has 0 saturated heterocycles. The quantitative estimate of drug-likeness (QED) is 0.771. The lowest BCUT2D eigenvalue weighted by atomic mass is 10.1. The molecule has 0 atom stereocenters. The summed E-state index contributed by atoms with van der Waals surface area (Å²) < 4.78 is 5.16. The van der Waals surface area contributed by atoms with Gasteiger partial charge in [0, 0.05) is 31.5 Å². The van der Waals surface area contributed by atoms with Gasteiger partial charge >= 0.3 is 6.03 Å². The molecule has 0 aliphatic heterocycles. The van der Waals surface area contributed by atoms with Crippen LogP contribution in [0, 0.1) is 0 Å². The van der Waals surface area contributed by atoms with E-state index in [1.165, 1.54) is 5.56 Å². The molecule has 2 aromatic rings. The molecule has 0 saturated carbocycles. The maximum atomic E-state index is 12.2. The first kappa shape index (κ1) is 19.0. The molecule has 2 N–H and O–H groups in total. The highest BCUT2D eigenvalue weighted by atomic mass is 16.5. The van der Waals surface area contributed by atoms with Gasteiger partial charge < -0.3 is 20.3 Å². The second-order valence-corrected chi connectivity index (χ2v) is 6.05. The number of amides is 2. The lowest BCUT2D eigenvalue weighted by Crippen LogP contribution is -2.28. The zero-order valence-corrected chi connectivity index (χ0v) is 15.2. The standard InChI is InChI=1S/C20H27N3O2/c1-4-23(2)14-17-9-7-8-16(12-17)13-21-20(24)22-19-11-6-5-10-18(19)15-25-3/h5-12H,4,13-15H2,1-3H3,(H2,21,22,24). The predicted molar refractivity (Wildman–Crippen MR) is 101 cm³/mol. The summed E-state index contributed by atoms with van der Waals surface area (Å²) in [6.07, 6.45) is 0. The highest BCUT2D eigenvalue weighted by molar-refractivity contribution is 5.90. The van der Waals surface area contributed by atoms with Crippen molar-refractivity contribution in [1.82, 2.24) is 10.2 Å². The van der Waals surface area contributed by atoms with E-state index in [-0.39, 0.29) is 6.03 Å². The minimum atomic E-state index is -0.223. The number of hydrogen-bond acceptors (Lipinski definition) is 3. The Labute approximate surface area is 150 Å². The molecule has 2 rings (SSSR count). The average Bonchev–Trinajstić information content (AvgIpc) is 2.62. The van der Waals surface area contributed by atoms with Gasteiger partial charge in [0.05, 0.1) is 6.61 Å². The summed E-state index contributed by atoms with van der Waals surface area (Å²) in [6.45, 7) is 5.00. The molecule has 0 bridgehead atoms. The van der Waals surface area contributed by atoms with Crippen LogP contribution in [0.2, 0.25) is 0 Å². The number of nitrogens with one attached hydrogen (secondary N) is 2. The summed E-state index contributed by atoms with van der Waals surface area (Å²) in [5.41, 5.74) is 4.04. The molecule has 25 heavy (non-hydrogen) atoms. The lowest BCUT2D eigenvalue weighted by Gasteiger charge is -2.15. The largest absolute Gasteiger partial charge is 0.380 e. The van der Waals surface area contributed by atoms with Gasteiger partial charge in [0.1, 0.15) is 0 Å². The topological polar surface area (TPSA) is 53.6 Å². The first-order chi connectivity index (χ1) is 12.1. The second-order valence-electron chi connectivity index (χ2n) is 6.05. The van der Waals surface area contributed by atoms with Gasteiger partial charge in [-0.25, -0.2) is 4.79 Å². The number of rotatable bonds is 8. The number of hydrogen-bond donors (Lipinski definition) is 2. The van der Waals surface area contributed by atoms with E-state index in [0.29, 0.717) is 13.2 Å². The summed E-state index contributed by atoms with van der Waals surface area (Å²) in [7, 11) is 3.73. The monoisotopic (exact) mass is 341 g/mol. The molecule has 0 heterocycles. The Kier molecular flexibility index (Phi) is 7.44. The number of para-hydroxylation sites is 1. The van der Waals surface area contributed by atoms with Crippen LogP contribution in [0.15, 0.2) is 48.5 Å². The molecule has 0 fully saturated rings. The van der Waals surface area contributed by atoms with E-state index in [4.69, 9.17) is 4.74 Å². The fourth-order valence-electron chi connectivity index (χ4n) is 2.53. The van der Waals surface area contributed by atoms with Crippen molar-refractivity contribution >= 4 is 11.7 Å². The van der Waals surface area contributed by atoms with Crippen molar-refractivity contribution in [2.45, 2.75) is 26.6 Å². The van der Waals surface area contributed by atoms with E-state index >= 15 is 0 Å². The van der Waals surface area contributed by atoms with Crippen molar-refractivity contribution in [1.29, 1.82) is 0 Å². The van der Waals surface area contributed by atoms with E-state index < -0.39 is 0 Å². The Bertz CT molecular complexity index is 688. The number of methoxy groups -OCH3 is 1. The van der Waals surface area contributed by atoms with Crippen molar-refractivity contribution in [2.24, 2.45) is 0 Å². The third kappa shape index (κ3) is 6.21. The number of benzene rings is 2. The molecule has 134 valence electrons. The van der Waals surface area contributed by atoms with Crippen molar-refractivity contribution in [2.75, 3.05) is 26.0 Å². The van der Waals surface area contributed by atoms with Crippen LogP contribution < -0.4 is 10.6 Å². The van der Waals surface area contributed by atoms with E-state index in [2.05, 4.69) is 41.6 Å². The van der Waals surface area contributed by atoms with Gasteiger partial charge in [-0.15, -0.1) is 0 Å². The Balaban J connectivity index is 1.91. The maximum Gasteiger partial charge on any atom is 0.319 e. The predicted octanol–water partition coefficient (Wildman–Crippen LogP) is 3.61. The molecule has 0 aromatic heterocycles. The molecule has 0 aliphatic carbocycles.